The van der Waals surface area contributed by atoms with Crippen molar-refractivity contribution < 1.29 is 19.1 Å². The lowest BCUT2D eigenvalue weighted by atomic mass is 9.91. The van der Waals surface area contributed by atoms with Crippen molar-refractivity contribution in [2.24, 2.45) is 28.6 Å². The predicted octanol–water partition coefficient (Wildman–Crippen LogP) is 2.26. The number of hydrogen-bond acceptors (Lipinski definition) is 9. The number of carbonyl (C=O) groups excluding carboxylic acids is 2. The topological polar surface area (TPSA) is 106 Å². The summed E-state index contributed by atoms with van der Waals surface area (Å²) in [5.74, 6) is -1.54. The molecule has 2 aliphatic carbocycles. The van der Waals surface area contributed by atoms with Crippen LogP contribution >= 0.6 is 11.9 Å². The van der Waals surface area contributed by atoms with Gasteiger partial charge < -0.3 is 15.2 Å². The Bertz CT molecular complexity index is 1030. The summed E-state index contributed by atoms with van der Waals surface area (Å²) in [6.07, 6.45) is 2.20. The predicted molar refractivity (Wildman–Crippen MR) is 124 cm³/mol. The highest BCUT2D eigenvalue weighted by Gasteiger charge is 2.74. The zero-order chi connectivity index (χ0) is 22.8. The Hall–Kier alpha value is -2.88. The van der Waals surface area contributed by atoms with Gasteiger partial charge in [-0.2, -0.15) is 5.10 Å². The van der Waals surface area contributed by atoms with Gasteiger partial charge in [-0.3, -0.25) is 9.59 Å². The first kappa shape index (κ1) is 21.9. The number of nitrogens with zero attached hydrogens (tertiary/aromatic N) is 2. The normalized spacial score (nSPS) is 29.8. The first-order valence-electron chi connectivity index (χ1n) is 11.0. The van der Waals surface area contributed by atoms with E-state index in [1.165, 1.54) is 11.9 Å². The third-order valence-electron chi connectivity index (χ3n) is 6.50. The molecule has 0 radical (unpaired) electrons. The average molecular weight is 467 g/mol. The molecule has 172 valence electrons. The molecule has 9 heteroatoms. The number of nitrogens with two attached hydrogens (primary N) is 1. The number of nitrogens with one attached hydrogen (secondary N) is 1. The fraction of sp³-hybridized carbons (Fsp3) is 0.375. The van der Waals surface area contributed by atoms with Crippen LogP contribution in [-0.4, -0.2) is 39.9 Å². The van der Waals surface area contributed by atoms with E-state index in [0.29, 0.717) is 13.0 Å². The SMILES string of the molecule is N[C@@]1(C(=O)OCc2ccccc2)C[C@@H](SN2CC=NN2)[C@H]2[C@H](C(=O)OCc3ccccc3)[C@H]21. The average Bonchev–Trinajstić information content (AvgIpc) is 3.27. The van der Waals surface area contributed by atoms with Crippen LogP contribution in [0.15, 0.2) is 65.8 Å². The van der Waals surface area contributed by atoms with Crippen molar-refractivity contribution in [3.05, 3.63) is 71.8 Å². The number of hydrazone groups is 1. The molecule has 8 nitrogen and oxygen atoms in total. The van der Waals surface area contributed by atoms with Crippen LogP contribution in [0.4, 0.5) is 0 Å². The second-order valence-corrected chi connectivity index (χ2v) is 9.90. The van der Waals surface area contributed by atoms with Gasteiger partial charge in [0, 0.05) is 17.4 Å². The lowest BCUT2D eigenvalue weighted by Crippen LogP contribution is -2.51. The Kier molecular flexibility index (Phi) is 6.09. The smallest absolute Gasteiger partial charge is 0.326 e. The summed E-state index contributed by atoms with van der Waals surface area (Å²) in [5.41, 5.74) is 10.2. The maximum atomic E-state index is 13.1. The van der Waals surface area contributed by atoms with Gasteiger partial charge in [0.05, 0.1) is 12.5 Å². The minimum atomic E-state index is -1.23. The van der Waals surface area contributed by atoms with E-state index in [4.69, 9.17) is 15.2 Å². The molecule has 0 saturated heterocycles. The minimum Gasteiger partial charge on any atom is -0.461 e. The molecule has 0 spiro atoms. The maximum Gasteiger partial charge on any atom is 0.326 e. The summed E-state index contributed by atoms with van der Waals surface area (Å²) < 4.78 is 13.1. The van der Waals surface area contributed by atoms with E-state index in [9.17, 15) is 9.59 Å². The lowest BCUT2D eigenvalue weighted by molar-refractivity contribution is -0.153. The molecule has 5 atom stereocenters. The summed E-state index contributed by atoms with van der Waals surface area (Å²) in [7, 11) is 0. The van der Waals surface area contributed by atoms with Crippen molar-refractivity contribution in [2.45, 2.75) is 30.4 Å². The number of fused-ring (bicyclic) bond motifs is 1. The standard InChI is InChI=1S/C24H26N4O4S/c25-24(23(30)32-15-17-9-5-2-6-10-17)13-18(33-28-12-11-26-27-28)19-20(21(19)24)22(29)31-14-16-7-3-1-4-8-16/h1-11,18-21,27H,12-15,25H2/t18-,19+,20+,21+,24+/m1/s1. The van der Waals surface area contributed by atoms with Gasteiger partial charge in [-0.15, -0.1) is 4.41 Å². The van der Waals surface area contributed by atoms with Crippen molar-refractivity contribution in [1.29, 1.82) is 0 Å². The molecule has 2 aromatic carbocycles. The summed E-state index contributed by atoms with van der Waals surface area (Å²) in [4.78, 5) is 26.1. The number of hydrogen-bond donors (Lipinski definition) is 2. The Morgan fingerprint density at radius 3 is 2.30 bits per heavy atom. The molecular weight excluding hydrogens is 440 g/mol. The lowest BCUT2D eigenvalue weighted by Gasteiger charge is -2.28. The van der Waals surface area contributed by atoms with E-state index in [2.05, 4.69) is 10.6 Å². The first-order chi connectivity index (χ1) is 16.1. The van der Waals surface area contributed by atoms with Gasteiger partial charge in [0.2, 0.25) is 0 Å². The molecule has 0 bridgehead atoms. The van der Waals surface area contributed by atoms with Gasteiger partial charge >= 0.3 is 11.9 Å². The van der Waals surface area contributed by atoms with Crippen LogP contribution in [0, 0.1) is 17.8 Å². The molecule has 0 aromatic heterocycles. The van der Waals surface area contributed by atoms with Gasteiger partial charge in [-0.25, -0.2) is 5.53 Å². The van der Waals surface area contributed by atoms with Gasteiger partial charge in [0.25, 0.3) is 0 Å². The molecule has 33 heavy (non-hydrogen) atoms. The number of ether oxygens (including phenoxy) is 2. The minimum absolute atomic E-state index is 0.0206. The fourth-order valence-corrected chi connectivity index (χ4v) is 6.27. The Labute approximate surface area is 196 Å². The van der Waals surface area contributed by atoms with E-state index < -0.39 is 17.4 Å². The molecule has 5 rings (SSSR count). The van der Waals surface area contributed by atoms with Gasteiger partial charge in [-0.1, -0.05) is 72.6 Å². The third-order valence-corrected chi connectivity index (χ3v) is 7.73. The molecular formula is C24H26N4O4S. The highest BCUT2D eigenvalue weighted by molar-refractivity contribution is 7.97. The quantitative estimate of drug-likeness (QED) is 0.451. The van der Waals surface area contributed by atoms with Crippen molar-refractivity contribution in [2.75, 3.05) is 6.54 Å². The van der Waals surface area contributed by atoms with E-state index in [1.807, 2.05) is 65.1 Å². The van der Waals surface area contributed by atoms with Crippen LogP contribution in [0.1, 0.15) is 17.5 Å². The van der Waals surface area contributed by atoms with Crippen LogP contribution in [0.2, 0.25) is 0 Å². The third kappa shape index (κ3) is 4.48. The van der Waals surface area contributed by atoms with Crippen LogP contribution < -0.4 is 11.3 Å². The summed E-state index contributed by atoms with van der Waals surface area (Å²) >= 11 is 1.54. The molecule has 1 heterocycles. The molecule has 2 aromatic rings. The summed E-state index contributed by atoms with van der Waals surface area (Å²) in [5, 5.41) is 3.99. The van der Waals surface area contributed by atoms with E-state index in [1.54, 1.807) is 6.21 Å². The number of benzene rings is 2. The number of carbonyl (C=O) groups is 2. The first-order valence-corrected chi connectivity index (χ1v) is 11.8. The second-order valence-electron chi connectivity index (χ2n) is 8.65. The monoisotopic (exact) mass is 466 g/mol. The Morgan fingerprint density at radius 1 is 1.06 bits per heavy atom. The highest BCUT2D eigenvalue weighted by Crippen LogP contribution is 2.65. The van der Waals surface area contributed by atoms with E-state index in [-0.39, 0.29) is 36.3 Å². The van der Waals surface area contributed by atoms with Crippen LogP contribution in [0.3, 0.4) is 0 Å². The fourth-order valence-electron chi connectivity index (χ4n) is 4.87. The highest BCUT2D eigenvalue weighted by atomic mass is 32.2. The zero-order valence-electron chi connectivity index (χ0n) is 18.0. The Balaban J connectivity index is 1.27. The van der Waals surface area contributed by atoms with Crippen molar-refractivity contribution in [1.82, 2.24) is 9.95 Å². The van der Waals surface area contributed by atoms with Crippen LogP contribution in [-0.2, 0) is 32.3 Å². The van der Waals surface area contributed by atoms with Gasteiger partial charge in [0.1, 0.15) is 18.8 Å². The molecule has 3 aliphatic rings. The van der Waals surface area contributed by atoms with Crippen molar-refractivity contribution in [3.8, 4) is 0 Å². The molecule has 1 aliphatic heterocycles. The van der Waals surface area contributed by atoms with Crippen molar-refractivity contribution >= 4 is 30.1 Å². The number of esters is 2. The summed E-state index contributed by atoms with van der Waals surface area (Å²) in [6, 6.07) is 19.0. The molecule has 2 fully saturated rings. The largest absolute Gasteiger partial charge is 0.461 e. The molecule has 0 unspecified atom stereocenters. The van der Waals surface area contributed by atoms with Crippen molar-refractivity contribution in [3.63, 3.8) is 0 Å². The summed E-state index contributed by atoms with van der Waals surface area (Å²) in [6.45, 7) is 0.987. The molecule has 3 N–H and O–H groups in total. The maximum absolute atomic E-state index is 13.1. The second kappa shape index (κ2) is 9.17. The molecule has 0 amide bonds. The van der Waals surface area contributed by atoms with Gasteiger partial charge in [0.15, 0.2) is 0 Å². The van der Waals surface area contributed by atoms with Crippen LogP contribution in [0.25, 0.3) is 0 Å². The van der Waals surface area contributed by atoms with E-state index >= 15 is 0 Å². The number of rotatable bonds is 8. The molecule has 2 saturated carbocycles. The Morgan fingerprint density at radius 2 is 1.70 bits per heavy atom. The van der Waals surface area contributed by atoms with Gasteiger partial charge in [-0.05, 0) is 23.5 Å². The van der Waals surface area contributed by atoms with E-state index in [0.717, 1.165) is 11.1 Å². The number of hydrazine groups is 1. The zero-order valence-corrected chi connectivity index (χ0v) is 18.8. The van der Waals surface area contributed by atoms with Crippen LogP contribution in [0.5, 0.6) is 0 Å².